The molecule has 1 aliphatic rings. The van der Waals surface area contributed by atoms with E-state index in [0.717, 1.165) is 30.8 Å². The van der Waals surface area contributed by atoms with Crippen molar-refractivity contribution in [1.29, 1.82) is 0 Å². The summed E-state index contributed by atoms with van der Waals surface area (Å²) in [6.45, 7) is 5.14. The quantitative estimate of drug-likeness (QED) is 0.820. The van der Waals surface area contributed by atoms with Crippen molar-refractivity contribution >= 4 is 17.3 Å². The molecule has 1 heterocycles. The molecular weight excluding hydrogens is 320 g/mol. The van der Waals surface area contributed by atoms with Gasteiger partial charge in [-0.15, -0.1) is 0 Å². The number of carbonyl (C=O) groups is 1. The molecule has 24 heavy (non-hydrogen) atoms. The summed E-state index contributed by atoms with van der Waals surface area (Å²) in [6, 6.07) is 17.1. The molecule has 0 radical (unpaired) electrons. The van der Waals surface area contributed by atoms with Crippen LogP contribution in [0.4, 0.5) is 11.4 Å². The van der Waals surface area contributed by atoms with Crippen molar-refractivity contribution in [2.75, 3.05) is 11.4 Å². The maximum Gasteiger partial charge on any atom is 0.237 e. The van der Waals surface area contributed by atoms with E-state index in [9.17, 15) is 4.79 Å². The van der Waals surface area contributed by atoms with Gasteiger partial charge in [-0.2, -0.15) is 0 Å². The lowest BCUT2D eigenvalue weighted by molar-refractivity contribution is -0.681. The second kappa shape index (κ2) is 8.32. The number of hydrogen-bond acceptors (Lipinski definition) is 1. The van der Waals surface area contributed by atoms with Gasteiger partial charge < -0.3 is 17.7 Å². The minimum absolute atomic E-state index is 0. The highest BCUT2D eigenvalue weighted by Crippen LogP contribution is 2.36. The fourth-order valence-electron chi connectivity index (χ4n) is 3.20. The lowest BCUT2D eigenvalue weighted by Crippen LogP contribution is -3.00. The lowest BCUT2D eigenvalue weighted by Gasteiger charge is -2.25. The van der Waals surface area contributed by atoms with Crippen LogP contribution in [0.2, 0.25) is 0 Å². The summed E-state index contributed by atoms with van der Waals surface area (Å²) >= 11 is 0. The third kappa shape index (κ3) is 3.97. The van der Waals surface area contributed by atoms with Crippen LogP contribution < -0.4 is 22.6 Å². The van der Waals surface area contributed by atoms with Crippen LogP contribution in [0, 0.1) is 0 Å². The zero-order valence-corrected chi connectivity index (χ0v) is 15.1. The van der Waals surface area contributed by atoms with Crippen molar-refractivity contribution < 1.29 is 22.5 Å². The van der Waals surface area contributed by atoms with Gasteiger partial charge in [0.05, 0.1) is 30.4 Å². The Kier molecular flexibility index (Phi) is 6.41. The number of benzene rings is 2. The first-order valence-corrected chi connectivity index (χ1v) is 8.49. The minimum Gasteiger partial charge on any atom is -1.00 e. The number of nitrogens with two attached hydrogens (primary N) is 1. The van der Waals surface area contributed by atoms with E-state index in [2.05, 4.69) is 55.6 Å². The number of halogens is 1. The Hall–Kier alpha value is -1.84. The third-order valence-corrected chi connectivity index (χ3v) is 4.37. The number of quaternary nitrogens is 1. The SMILES string of the molecule is CC(C)[NH2+]CCC(=O)N1c2ccccc2CCc2ccccc21.[Cl-]. The molecule has 1 amide bonds. The van der Waals surface area contributed by atoms with E-state index in [1.807, 2.05) is 17.0 Å². The van der Waals surface area contributed by atoms with E-state index in [1.54, 1.807) is 0 Å². The average Bonchev–Trinajstić information content (AvgIpc) is 2.71. The fourth-order valence-corrected chi connectivity index (χ4v) is 3.20. The maximum absolute atomic E-state index is 13.0. The summed E-state index contributed by atoms with van der Waals surface area (Å²) in [5.41, 5.74) is 4.61. The van der Waals surface area contributed by atoms with Crippen molar-refractivity contribution in [3.8, 4) is 0 Å². The number of rotatable bonds is 4. The van der Waals surface area contributed by atoms with E-state index in [-0.39, 0.29) is 18.3 Å². The Morgan fingerprint density at radius 3 is 2.00 bits per heavy atom. The normalized spacial score (nSPS) is 12.9. The van der Waals surface area contributed by atoms with E-state index >= 15 is 0 Å². The van der Waals surface area contributed by atoms with Crippen molar-refractivity contribution in [2.24, 2.45) is 0 Å². The van der Waals surface area contributed by atoms with Gasteiger partial charge in [-0.25, -0.2) is 0 Å². The van der Waals surface area contributed by atoms with Crippen molar-refractivity contribution in [2.45, 2.75) is 39.2 Å². The molecule has 0 fully saturated rings. The number of fused-ring (bicyclic) bond motifs is 2. The summed E-state index contributed by atoms with van der Waals surface area (Å²) < 4.78 is 0. The molecule has 3 rings (SSSR count). The summed E-state index contributed by atoms with van der Waals surface area (Å²) in [5, 5.41) is 2.22. The van der Waals surface area contributed by atoms with E-state index in [1.165, 1.54) is 11.1 Å². The van der Waals surface area contributed by atoms with Crippen LogP contribution in [-0.2, 0) is 17.6 Å². The predicted molar refractivity (Wildman–Crippen MR) is 94.0 cm³/mol. The molecule has 0 bridgehead atoms. The van der Waals surface area contributed by atoms with Crippen LogP contribution in [0.1, 0.15) is 31.4 Å². The van der Waals surface area contributed by atoms with Crippen LogP contribution in [0.5, 0.6) is 0 Å². The Bertz CT molecular complexity index is 652. The maximum atomic E-state index is 13.0. The molecule has 0 spiro atoms. The van der Waals surface area contributed by atoms with Gasteiger partial charge in [0.1, 0.15) is 0 Å². The summed E-state index contributed by atoms with van der Waals surface area (Å²) in [5.74, 6) is 0.184. The van der Waals surface area contributed by atoms with Crippen LogP contribution in [0.15, 0.2) is 48.5 Å². The van der Waals surface area contributed by atoms with Gasteiger partial charge in [0.25, 0.3) is 0 Å². The number of hydrogen-bond donors (Lipinski definition) is 1. The molecule has 2 N–H and O–H groups in total. The van der Waals surface area contributed by atoms with Crippen LogP contribution in [-0.4, -0.2) is 18.5 Å². The van der Waals surface area contributed by atoms with Gasteiger partial charge >= 0.3 is 0 Å². The smallest absolute Gasteiger partial charge is 0.237 e. The number of carbonyl (C=O) groups excluding carboxylic acids is 1. The molecule has 0 aromatic heterocycles. The Labute approximate surface area is 150 Å². The molecule has 128 valence electrons. The molecule has 3 nitrogen and oxygen atoms in total. The highest BCUT2D eigenvalue weighted by Gasteiger charge is 2.25. The number of anilines is 2. The van der Waals surface area contributed by atoms with E-state index in [4.69, 9.17) is 0 Å². The third-order valence-electron chi connectivity index (χ3n) is 4.37. The Morgan fingerprint density at radius 1 is 1.00 bits per heavy atom. The van der Waals surface area contributed by atoms with Crippen molar-refractivity contribution in [3.05, 3.63) is 59.7 Å². The fraction of sp³-hybridized carbons (Fsp3) is 0.350. The van der Waals surface area contributed by atoms with Crippen molar-refractivity contribution in [3.63, 3.8) is 0 Å². The molecule has 0 saturated carbocycles. The number of nitrogens with zero attached hydrogens (tertiary/aromatic N) is 1. The second-order valence-electron chi connectivity index (χ2n) is 6.50. The van der Waals surface area contributed by atoms with E-state index in [0.29, 0.717) is 12.5 Å². The molecular formula is C20H25ClN2O. The highest BCUT2D eigenvalue weighted by molar-refractivity contribution is 6.02. The van der Waals surface area contributed by atoms with Gasteiger partial charge in [-0.1, -0.05) is 36.4 Å². The number of amides is 1. The van der Waals surface area contributed by atoms with Gasteiger partial charge in [0.15, 0.2) is 0 Å². The zero-order chi connectivity index (χ0) is 16.2. The number of para-hydroxylation sites is 2. The summed E-state index contributed by atoms with van der Waals surface area (Å²) in [6.07, 6.45) is 2.52. The molecule has 0 unspecified atom stereocenters. The molecule has 4 heteroatoms. The summed E-state index contributed by atoms with van der Waals surface area (Å²) in [4.78, 5) is 14.9. The molecule has 0 atom stereocenters. The van der Waals surface area contributed by atoms with Gasteiger partial charge in [-0.05, 0) is 49.9 Å². The lowest BCUT2D eigenvalue weighted by atomic mass is 10.0. The largest absolute Gasteiger partial charge is 1.00 e. The van der Waals surface area contributed by atoms with Crippen molar-refractivity contribution in [1.82, 2.24) is 0 Å². The second-order valence-corrected chi connectivity index (χ2v) is 6.50. The topological polar surface area (TPSA) is 36.9 Å². The van der Waals surface area contributed by atoms with Gasteiger partial charge in [0.2, 0.25) is 5.91 Å². The molecule has 1 aliphatic heterocycles. The summed E-state index contributed by atoms with van der Waals surface area (Å²) in [7, 11) is 0. The van der Waals surface area contributed by atoms with Crippen LogP contribution in [0.25, 0.3) is 0 Å². The molecule has 0 aliphatic carbocycles. The van der Waals surface area contributed by atoms with Gasteiger partial charge in [0, 0.05) is 0 Å². The Morgan fingerprint density at radius 2 is 1.50 bits per heavy atom. The first kappa shape index (κ1) is 18.5. The highest BCUT2D eigenvalue weighted by atomic mass is 35.5. The average molecular weight is 345 g/mol. The molecule has 2 aromatic carbocycles. The first-order valence-electron chi connectivity index (χ1n) is 8.49. The van der Waals surface area contributed by atoms with Crippen LogP contribution >= 0.6 is 0 Å². The van der Waals surface area contributed by atoms with E-state index < -0.39 is 0 Å². The predicted octanol–water partition coefficient (Wildman–Crippen LogP) is -0.184. The zero-order valence-electron chi connectivity index (χ0n) is 14.3. The van der Waals surface area contributed by atoms with Crippen LogP contribution in [0.3, 0.4) is 0 Å². The monoisotopic (exact) mass is 344 g/mol. The van der Waals surface area contributed by atoms with Gasteiger partial charge in [-0.3, -0.25) is 9.69 Å². The minimum atomic E-state index is 0. The standard InChI is InChI=1S/C20H24N2O.ClH/c1-15(2)21-14-13-20(23)22-18-9-5-3-7-16(18)11-12-17-8-4-6-10-19(17)22;/h3-10,15,21H,11-14H2,1-2H3;1H. The molecule has 0 saturated heterocycles. The first-order chi connectivity index (χ1) is 11.2. The Balaban J connectivity index is 0.00000208. The molecule has 2 aromatic rings. The number of aryl methyl sites for hydroxylation is 2.